The maximum Gasteiger partial charge on any atom is 0.256 e. The van der Waals surface area contributed by atoms with E-state index in [0.29, 0.717) is 22.3 Å². The smallest absolute Gasteiger partial charge is 0.256 e. The quantitative estimate of drug-likeness (QED) is 0.911. The van der Waals surface area contributed by atoms with Gasteiger partial charge in [0.2, 0.25) is 0 Å². The normalized spacial score (nSPS) is 19.1. The van der Waals surface area contributed by atoms with Crippen LogP contribution in [0.3, 0.4) is 0 Å². The first kappa shape index (κ1) is 16.2. The van der Waals surface area contributed by atoms with Crippen LogP contribution in [0.4, 0.5) is 5.82 Å². The van der Waals surface area contributed by atoms with Crippen LogP contribution in [-0.2, 0) is 16.1 Å². The number of benzene rings is 1. The third-order valence-electron chi connectivity index (χ3n) is 4.39. The maximum absolute atomic E-state index is 12.6. The van der Waals surface area contributed by atoms with Gasteiger partial charge in [0, 0.05) is 35.7 Å². The van der Waals surface area contributed by atoms with Gasteiger partial charge in [-0.3, -0.25) is 4.79 Å². The Bertz CT molecular complexity index is 825. The van der Waals surface area contributed by atoms with Crippen LogP contribution >= 0.6 is 11.6 Å². The van der Waals surface area contributed by atoms with Gasteiger partial charge in [-0.25, -0.2) is 4.68 Å². The van der Waals surface area contributed by atoms with Crippen LogP contribution in [0.25, 0.3) is 6.08 Å². The molecule has 4 rings (SSSR count). The van der Waals surface area contributed by atoms with Crippen LogP contribution in [0, 0.1) is 5.92 Å². The van der Waals surface area contributed by atoms with Crippen molar-refractivity contribution in [3.8, 4) is 5.75 Å². The molecular formula is C18H18ClN3O3. The third-order valence-corrected chi connectivity index (χ3v) is 4.62. The number of anilines is 1. The lowest BCUT2D eigenvalue weighted by Gasteiger charge is -2.18. The predicted molar refractivity (Wildman–Crippen MR) is 94.7 cm³/mol. The second kappa shape index (κ2) is 6.90. The Morgan fingerprint density at radius 1 is 1.40 bits per heavy atom. The van der Waals surface area contributed by atoms with E-state index in [1.807, 2.05) is 16.8 Å². The minimum absolute atomic E-state index is 0.199. The molecule has 2 aromatic rings. The maximum atomic E-state index is 12.6. The van der Waals surface area contributed by atoms with Crippen molar-refractivity contribution < 1.29 is 14.3 Å². The summed E-state index contributed by atoms with van der Waals surface area (Å²) >= 11 is 6.01. The highest BCUT2D eigenvalue weighted by atomic mass is 35.5. The SMILES string of the molecule is O=C(Nc1ccnn1CC1CCOC1)C1=Cc2cc(Cl)ccc2OC1. The number of nitrogens with zero attached hydrogens (tertiary/aromatic N) is 2. The first-order valence-electron chi connectivity index (χ1n) is 8.23. The van der Waals surface area contributed by atoms with E-state index < -0.39 is 0 Å². The average molecular weight is 360 g/mol. The molecule has 25 heavy (non-hydrogen) atoms. The Morgan fingerprint density at radius 3 is 3.16 bits per heavy atom. The van der Waals surface area contributed by atoms with Crippen LogP contribution in [-0.4, -0.2) is 35.5 Å². The van der Waals surface area contributed by atoms with E-state index in [1.54, 1.807) is 24.4 Å². The minimum atomic E-state index is -0.199. The first-order chi connectivity index (χ1) is 12.2. The fourth-order valence-electron chi connectivity index (χ4n) is 3.03. The van der Waals surface area contributed by atoms with E-state index in [1.165, 1.54) is 0 Å². The van der Waals surface area contributed by atoms with Gasteiger partial charge >= 0.3 is 0 Å². The van der Waals surface area contributed by atoms with Crippen molar-refractivity contribution in [2.75, 3.05) is 25.1 Å². The molecule has 7 heteroatoms. The zero-order valence-electron chi connectivity index (χ0n) is 13.6. The van der Waals surface area contributed by atoms with E-state index in [0.717, 1.165) is 37.5 Å². The summed E-state index contributed by atoms with van der Waals surface area (Å²) in [4.78, 5) is 12.6. The number of rotatable bonds is 4. The molecule has 1 amide bonds. The number of amides is 1. The van der Waals surface area contributed by atoms with Gasteiger partial charge in [0.15, 0.2) is 0 Å². The molecular weight excluding hydrogens is 342 g/mol. The molecule has 0 spiro atoms. The lowest BCUT2D eigenvalue weighted by Crippen LogP contribution is -2.23. The van der Waals surface area contributed by atoms with Crippen molar-refractivity contribution in [3.05, 3.63) is 46.6 Å². The summed E-state index contributed by atoms with van der Waals surface area (Å²) in [6, 6.07) is 7.16. The summed E-state index contributed by atoms with van der Waals surface area (Å²) in [6.07, 6.45) is 4.52. The van der Waals surface area contributed by atoms with Gasteiger partial charge in [-0.05, 0) is 30.7 Å². The third kappa shape index (κ3) is 3.55. The fraction of sp³-hybridized carbons (Fsp3) is 0.333. The van der Waals surface area contributed by atoms with Crippen molar-refractivity contribution in [1.29, 1.82) is 0 Å². The number of carbonyl (C=O) groups excluding carboxylic acids is 1. The minimum Gasteiger partial charge on any atom is -0.488 e. The van der Waals surface area contributed by atoms with Gasteiger partial charge in [-0.1, -0.05) is 11.6 Å². The monoisotopic (exact) mass is 359 g/mol. The fourth-order valence-corrected chi connectivity index (χ4v) is 3.21. The van der Waals surface area contributed by atoms with Crippen molar-refractivity contribution in [2.45, 2.75) is 13.0 Å². The summed E-state index contributed by atoms with van der Waals surface area (Å²) in [5, 5.41) is 7.83. The highest BCUT2D eigenvalue weighted by Gasteiger charge is 2.21. The second-order valence-electron chi connectivity index (χ2n) is 6.22. The van der Waals surface area contributed by atoms with Gasteiger partial charge < -0.3 is 14.8 Å². The van der Waals surface area contributed by atoms with Gasteiger partial charge in [0.1, 0.15) is 18.2 Å². The molecule has 1 atom stereocenters. The highest BCUT2D eigenvalue weighted by Crippen LogP contribution is 2.29. The number of halogens is 1. The number of carbonyl (C=O) groups is 1. The first-order valence-corrected chi connectivity index (χ1v) is 8.60. The Labute approximate surface area is 150 Å². The van der Waals surface area contributed by atoms with Crippen molar-refractivity contribution in [3.63, 3.8) is 0 Å². The van der Waals surface area contributed by atoms with Crippen LogP contribution in [0.15, 0.2) is 36.0 Å². The van der Waals surface area contributed by atoms with E-state index in [2.05, 4.69) is 10.4 Å². The molecule has 1 N–H and O–H groups in total. The molecule has 1 aromatic heterocycles. The van der Waals surface area contributed by atoms with E-state index in [9.17, 15) is 4.79 Å². The number of hydrogen-bond donors (Lipinski definition) is 1. The van der Waals surface area contributed by atoms with Gasteiger partial charge in [0.05, 0.1) is 18.4 Å². The summed E-state index contributed by atoms with van der Waals surface area (Å²) in [6.45, 7) is 2.49. The van der Waals surface area contributed by atoms with E-state index in [-0.39, 0.29) is 12.5 Å². The topological polar surface area (TPSA) is 65.4 Å². The largest absolute Gasteiger partial charge is 0.488 e. The lowest BCUT2D eigenvalue weighted by atomic mass is 10.1. The summed E-state index contributed by atoms with van der Waals surface area (Å²) in [7, 11) is 0. The van der Waals surface area contributed by atoms with Gasteiger partial charge in [-0.15, -0.1) is 0 Å². The van der Waals surface area contributed by atoms with Crippen LogP contribution < -0.4 is 10.1 Å². The molecule has 3 heterocycles. The van der Waals surface area contributed by atoms with E-state index in [4.69, 9.17) is 21.1 Å². The molecule has 2 aliphatic rings. The molecule has 1 aromatic carbocycles. The number of nitrogens with one attached hydrogen (secondary N) is 1. The predicted octanol–water partition coefficient (Wildman–Crippen LogP) is 2.99. The molecule has 6 nitrogen and oxygen atoms in total. The number of fused-ring (bicyclic) bond motifs is 1. The number of aromatic nitrogens is 2. The molecule has 2 aliphatic heterocycles. The summed E-state index contributed by atoms with van der Waals surface area (Å²) in [5.74, 6) is 1.64. The van der Waals surface area contributed by atoms with Crippen molar-refractivity contribution >= 4 is 29.4 Å². The molecule has 130 valence electrons. The summed E-state index contributed by atoms with van der Waals surface area (Å²) < 4.78 is 12.9. The lowest BCUT2D eigenvalue weighted by molar-refractivity contribution is -0.113. The van der Waals surface area contributed by atoms with Crippen LogP contribution in [0.5, 0.6) is 5.75 Å². The highest BCUT2D eigenvalue weighted by molar-refractivity contribution is 6.30. The molecule has 0 saturated carbocycles. The second-order valence-corrected chi connectivity index (χ2v) is 6.66. The van der Waals surface area contributed by atoms with Gasteiger partial charge in [0.25, 0.3) is 5.91 Å². The Morgan fingerprint density at radius 2 is 2.32 bits per heavy atom. The molecule has 0 radical (unpaired) electrons. The molecule has 1 saturated heterocycles. The van der Waals surface area contributed by atoms with Crippen LogP contribution in [0.2, 0.25) is 5.02 Å². The Hall–Kier alpha value is -2.31. The van der Waals surface area contributed by atoms with Crippen molar-refractivity contribution in [2.24, 2.45) is 5.92 Å². The zero-order chi connectivity index (χ0) is 17.2. The van der Waals surface area contributed by atoms with E-state index >= 15 is 0 Å². The molecule has 1 fully saturated rings. The number of ether oxygens (including phenoxy) is 2. The number of hydrogen-bond acceptors (Lipinski definition) is 4. The zero-order valence-corrected chi connectivity index (χ0v) is 14.3. The Balaban J connectivity index is 1.48. The van der Waals surface area contributed by atoms with Crippen LogP contribution in [0.1, 0.15) is 12.0 Å². The molecule has 0 bridgehead atoms. The van der Waals surface area contributed by atoms with Crippen molar-refractivity contribution in [1.82, 2.24) is 9.78 Å². The summed E-state index contributed by atoms with van der Waals surface area (Å²) in [5.41, 5.74) is 1.35. The standard InChI is InChI=1S/C18H18ClN3O3/c19-15-1-2-16-13(8-15)7-14(11-25-16)18(23)21-17-3-5-20-22(17)9-12-4-6-24-10-12/h1-3,5,7-8,12H,4,6,9-11H2,(H,21,23). The molecule has 1 unspecified atom stereocenters. The average Bonchev–Trinajstić information content (AvgIpc) is 3.27. The van der Waals surface area contributed by atoms with Gasteiger partial charge in [-0.2, -0.15) is 5.10 Å². The Kier molecular flexibility index (Phi) is 4.46. The molecule has 0 aliphatic carbocycles.